The minimum absolute atomic E-state index is 0. The third-order valence-electron chi connectivity index (χ3n) is 3.99. The number of aliphatic carboxylic acids is 1. The quantitative estimate of drug-likeness (QED) is 0.190. The fourth-order valence-electron chi connectivity index (χ4n) is 2.65. The second-order valence-corrected chi connectivity index (χ2v) is 6.09. The van der Waals surface area contributed by atoms with Gasteiger partial charge in [0, 0.05) is 53.2 Å². The summed E-state index contributed by atoms with van der Waals surface area (Å²) < 4.78 is 0. The third-order valence-corrected chi connectivity index (χ3v) is 3.99. The van der Waals surface area contributed by atoms with E-state index >= 15 is 0 Å². The Morgan fingerprint density at radius 3 is 1.17 bits per heavy atom. The Hall–Kier alpha value is 2.59. The number of rotatable bonds is 16. The summed E-state index contributed by atoms with van der Waals surface area (Å²) in [5, 5.41) is 8.52. The molecule has 0 aliphatic rings. The molecule has 0 aliphatic heterocycles. The van der Waals surface area contributed by atoms with E-state index in [1.165, 1.54) is 83.5 Å². The van der Waals surface area contributed by atoms with Gasteiger partial charge >= 0.3 is 54.9 Å². The summed E-state index contributed by atoms with van der Waals surface area (Å²) in [5.74, 6) is -0.653. The van der Waals surface area contributed by atoms with Gasteiger partial charge in [-0.05, 0) is 6.42 Å². The van der Waals surface area contributed by atoms with Gasteiger partial charge in [-0.3, -0.25) is 4.79 Å². The van der Waals surface area contributed by atoms with Crippen molar-refractivity contribution >= 4 is 54.9 Å². The second-order valence-electron chi connectivity index (χ2n) is 6.09. The summed E-state index contributed by atoms with van der Waals surface area (Å²) in [4.78, 5) is 10.3. The van der Waals surface area contributed by atoms with Gasteiger partial charge in [-0.15, -0.1) is 0 Å². The maximum absolute atomic E-state index is 10.3. The van der Waals surface area contributed by atoms with Crippen molar-refractivity contribution in [2.45, 2.75) is 110 Å². The average molecular weight is 602 g/mol. The maximum atomic E-state index is 10.3. The number of carbonyl (C=O) groups is 1. The summed E-state index contributed by atoms with van der Waals surface area (Å²) >= 11 is 0. The van der Waals surface area contributed by atoms with E-state index in [1.54, 1.807) is 0 Å². The summed E-state index contributed by atoms with van der Waals surface area (Å²) in [5.41, 5.74) is 0. The Morgan fingerprint density at radius 2 is 0.913 bits per heavy atom. The molecular weight excluding hydrogens is 563 g/mol. The van der Waals surface area contributed by atoms with Gasteiger partial charge in [0.1, 0.15) is 0 Å². The second kappa shape index (κ2) is 29.4. The molecular formula is C18H38BaCdO2Zn. The van der Waals surface area contributed by atoms with E-state index in [9.17, 15) is 4.79 Å². The molecule has 0 aromatic carbocycles. The van der Waals surface area contributed by atoms with E-state index in [2.05, 4.69) is 6.92 Å². The van der Waals surface area contributed by atoms with Gasteiger partial charge in [0.2, 0.25) is 0 Å². The van der Waals surface area contributed by atoms with Crippen LogP contribution < -0.4 is 0 Å². The molecule has 128 valence electrons. The van der Waals surface area contributed by atoms with Crippen LogP contribution >= 0.6 is 0 Å². The number of unbranched alkanes of at least 4 members (excludes halogenated alkanes) is 14. The van der Waals surface area contributed by atoms with E-state index in [0.29, 0.717) is 6.42 Å². The molecule has 0 aromatic heterocycles. The van der Waals surface area contributed by atoms with Crippen LogP contribution in [0.3, 0.4) is 0 Å². The van der Waals surface area contributed by atoms with Crippen LogP contribution in [0.1, 0.15) is 110 Å². The number of hydrogen-bond acceptors (Lipinski definition) is 1. The maximum Gasteiger partial charge on any atom is 0 e. The Kier molecular flexibility index (Phi) is 42.4. The van der Waals surface area contributed by atoms with E-state index in [0.717, 1.165) is 12.8 Å². The molecule has 0 amide bonds. The van der Waals surface area contributed by atoms with Gasteiger partial charge in [0.05, 0.1) is 0 Å². The molecule has 5 heteroatoms. The molecule has 0 atom stereocenters. The molecule has 23 heavy (non-hydrogen) atoms. The van der Waals surface area contributed by atoms with Gasteiger partial charge in [-0.2, -0.15) is 0 Å². The van der Waals surface area contributed by atoms with Crippen LogP contribution in [0.2, 0.25) is 0 Å². The molecule has 0 fully saturated rings. The minimum Gasteiger partial charge on any atom is 0 e. The van der Waals surface area contributed by atoms with Crippen molar-refractivity contribution in [3.63, 3.8) is 0 Å². The zero-order valence-corrected chi connectivity index (χ0v) is 22.1. The predicted molar refractivity (Wildman–Crippen MR) is 95.7 cm³/mol. The molecule has 0 unspecified atom stereocenters. The normalized spacial score (nSPS) is 9.43. The molecule has 0 radical (unpaired) electrons. The first kappa shape index (κ1) is 33.2. The Balaban J connectivity index is -0.000000602. The van der Waals surface area contributed by atoms with Crippen LogP contribution in [0.5, 0.6) is 0 Å². The molecule has 0 spiro atoms. The van der Waals surface area contributed by atoms with Crippen LogP contribution in [0.15, 0.2) is 0 Å². The molecule has 1 N–H and O–H groups in total. The topological polar surface area (TPSA) is 37.3 Å². The van der Waals surface area contributed by atoms with Gasteiger partial charge in [-0.25, -0.2) is 0 Å². The average Bonchev–Trinajstić information content (AvgIpc) is 2.43. The standard InChI is InChI=1S/C18H36O2.Ba.Cd.Zn.2H/c1-2-3-4-5-6-7-8-9-10-11-12-13-14-15-16-17-18(19)20;;;;;/h2-17H2,1H3,(H,19,20);;;;;. The zero-order valence-electron chi connectivity index (χ0n) is 15.1. The van der Waals surface area contributed by atoms with Crippen LogP contribution in [0.4, 0.5) is 0 Å². The summed E-state index contributed by atoms with van der Waals surface area (Å²) in [7, 11) is 0. The van der Waals surface area contributed by atoms with E-state index in [1.807, 2.05) is 0 Å². The Morgan fingerprint density at radius 1 is 0.652 bits per heavy atom. The van der Waals surface area contributed by atoms with Crippen molar-refractivity contribution in [2.75, 3.05) is 0 Å². The molecule has 0 heterocycles. The molecule has 0 aliphatic carbocycles. The smallest absolute Gasteiger partial charge is 0 e. The van der Waals surface area contributed by atoms with E-state index < -0.39 is 5.97 Å². The summed E-state index contributed by atoms with van der Waals surface area (Å²) in [6, 6.07) is 0. The van der Waals surface area contributed by atoms with E-state index in [4.69, 9.17) is 5.11 Å². The van der Waals surface area contributed by atoms with E-state index in [-0.39, 0.29) is 95.7 Å². The van der Waals surface area contributed by atoms with Crippen LogP contribution in [0, 0.1) is 0 Å². The molecule has 0 saturated heterocycles. The largest absolute Gasteiger partial charge is 0 e. The monoisotopic (exact) mass is 602 g/mol. The number of carboxylic acid groups (broad SMARTS) is 1. The van der Waals surface area contributed by atoms with Crippen LogP contribution in [0.25, 0.3) is 0 Å². The van der Waals surface area contributed by atoms with Crippen molar-refractivity contribution in [2.24, 2.45) is 0 Å². The number of carboxylic acids is 1. The Bertz CT molecular complexity index is 219. The number of hydrogen-bond donors (Lipinski definition) is 1. The molecule has 0 saturated carbocycles. The van der Waals surface area contributed by atoms with Gasteiger partial charge in [0.15, 0.2) is 0 Å². The first-order chi connectivity index (χ1) is 9.77. The zero-order chi connectivity index (χ0) is 14.9. The van der Waals surface area contributed by atoms with Gasteiger partial charge in [-0.1, -0.05) is 96.8 Å². The minimum atomic E-state index is -0.653. The Labute approximate surface area is 218 Å². The van der Waals surface area contributed by atoms with Gasteiger partial charge in [0.25, 0.3) is 0 Å². The van der Waals surface area contributed by atoms with Crippen molar-refractivity contribution < 1.29 is 56.7 Å². The fraction of sp³-hybridized carbons (Fsp3) is 0.944. The third kappa shape index (κ3) is 32.7. The molecule has 0 rings (SSSR count). The van der Waals surface area contributed by atoms with Crippen molar-refractivity contribution in [1.29, 1.82) is 0 Å². The first-order valence-electron chi connectivity index (χ1n) is 8.99. The predicted octanol–water partition coefficient (Wildman–Crippen LogP) is 5.41. The van der Waals surface area contributed by atoms with Crippen LogP contribution in [-0.2, 0) is 51.6 Å². The van der Waals surface area contributed by atoms with Crippen molar-refractivity contribution in [3.05, 3.63) is 0 Å². The summed E-state index contributed by atoms with van der Waals surface area (Å²) in [6.45, 7) is 2.27. The molecule has 0 bridgehead atoms. The first-order valence-corrected chi connectivity index (χ1v) is 8.99. The van der Waals surface area contributed by atoms with Crippen LogP contribution in [-0.4, -0.2) is 60.0 Å². The fourth-order valence-corrected chi connectivity index (χ4v) is 2.65. The summed E-state index contributed by atoms with van der Waals surface area (Å²) in [6.07, 6.45) is 20.2. The molecule has 2 nitrogen and oxygen atoms in total. The molecule has 0 aromatic rings. The van der Waals surface area contributed by atoms with Crippen molar-refractivity contribution in [3.8, 4) is 0 Å². The SMILES string of the molecule is CCCCCCCCCCCCCCCCCC(=O)O.[BaH2].[Cd].[Zn]. The van der Waals surface area contributed by atoms with Gasteiger partial charge < -0.3 is 5.11 Å². The van der Waals surface area contributed by atoms with Crippen molar-refractivity contribution in [1.82, 2.24) is 0 Å².